The van der Waals surface area contributed by atoms with Crippen molar-refractivity contribution >= 4 is 11.9 Å². The molecule has 0 bridgehead atoms. The van der Waals surface area contributed by atoms with Crippen LogP contribution in [0.15, 0.2) is 0 Å². The zero-order valence-corrected chi connectivity index (χ0v) is 8.40. The number of β-amino-alcohol motifs (C(OH)–C–C–N with tert-alkyl or cyclic N) is 1. The molecule has 5 nitrogen and oxygen atoms in total. The molecule has 2 atom stereocenters. The van der Waals surface area contributed by atoms with Crippen molar-refractivity contribution in [2.45, 2.75) is 19.4 Å². The van der Waals surface area contributed by atoms with E-state index in [1.165, 1.54) is 12.0 Å². The first kappa shape index (κ1) is 11.0. The predicted octanol–water partition coefficient (Wildman–Crippen LogP) is -0.611. The van der Waals surface area contributed by atoms with E-state index in [0.717, 1.165) is 0 Å². The van der Waals surface area contributed by atoms with E-state index >= 15 is 0 Å². The van der Waals surface area contributed by atoms with Gasteiger partial charge >= 0.3 is 11.9 Å². The van der Waals surface area contributed by atoms with Crippen LogP contribution in [-0.4, -0.2) is 48.2 Å². The minimum atomic E-state index is -0.869. The van der Waals surface area contributed by atoms with Gasteiger partial charge < -0.3 is 14.7 Å². The Labute approximate surface area is 82.6 Å². The number of amides is 1. The average molecular weight is 201 g/mol. The Morgan fingerprint density at radius 3 is 2.64 bits per heavy atom. The number of nitrogens with zero attached hydrogens (tertiary/aromatic N) is 1. The third kappa shape index (κ3) is 2.23. The lowest BCUT2D eigenvalue weighted by Gasteiger charge is -2.33. The second-order valence-corrected chi connectivity index (χ2v) is 3.58. The lowest BCUT2D eigenvalue weighted by atomic mass is 9.96. The van der Waals surface area contributed by atoms with Crippen LogP contribution in [0.5, 0.6) is 0 Å². The molecule has 1 rings (SSSR count). The van der Waals surface area contributed by atoms with Crippen molar-refractivity contribution in [1.29, 1.82) is 0 Å². The zero-order valence-electron chi connectivity index (χ0n) is 8.40. The molecule has 1 aliphatic rings. The van der Waals surface area contributed by atoms with Crippen molar-refractivity contribution in [3.05, 3.63) is 0 Å². The van der Waals surface area contributed by atoms with E-state index in [1.54, 1.807) is 0 Å². The molecule has 1 fully saturated rings. The summed E-state index contributed by atoms with van der Waals surface area (Å²) in [5.74, 6) is -1.36. The third-order valence-electron chi connectivity index (χ3n) is 2.57. The first-order valence-corrected chi connectivity index (χ1v) is 4.61. The molecule has 0 radical (unpaired) electrons. The van der Waals surface area contributed by atoms with Gasteiger partial charge in [-0.1, -0.05) is 6.92 Å². The van der Waals surface area contributed by atoms with E-state index in [2.05, 4.69) is 4.74 Å². The van der Waals surface area contributed by atoms with Crippen molar-refractivity contribution < 1.29 is 19.4 Å². The molecule has 0 saturated carbocycles. The van der Waals surface area contributed by atoms with Gasteiger partial charge in [0.2, 0.25) is 0 Å². The Balaban J connectivity index is 2.54. The number of aliphatic hydroxyl groups is 1. The highest BCUT2D eigenvalue weighted by atomic mass is 16.5. The molecule has 0 aliphatic carbocycles. The summed E-state index contributed by atoms with van der Waals surface area (Å²) in [7, 11) is 1.17. The maximum absolute atomic E-state index is 11.3. The molecule has 1 aliphatic heterocycles. The molecule has 1 heterocycles. The number of ether oxygens (including phenoxy) is 1. The van der Waals surface area contributed by atoms with E-state index in [4.69, 9.17) is 0 Å². The molecule has 1 amide bonds. The summed E-state index contributed by atoms with van der Waals surface area (Å²) in [6.45, 7) is 2.64. The second kappa shape index (κ2) is 4.41. The molecule has 5 heteroatoms. The maximum atomic E-state index is 11.3. The molecular formula is C9H15NO4. The SMILES string of the molecule is COC(=O)C(=O)N1CCC(C)C(O)C1. The van der Waals surface area contributed by atoms with Gasteiger partial charge in [0.15, 0.2) is 0 Å². The van der Waals surface area contributed by atoms with Crippen molar-refractivity contribution in [1.82, 2.24) is 4.90 Å². The summed E-state index contributed by atoms with van der Waals surface area (Å²) < 4.78 is 4.32. The van der Waals surface area contributed by atoms with Crippen LogP contribution in [0.3, 0.4) is 0 Å². The summed E-state index contributed by atoms with van der Waals surface area (Å²) >= 11 is 0. The van der Waals surface area contributed by atoms with Crippen LogP contribution in [0.4, 0.5) is 0 Å². The fourth-order valence-electron chi connectivity index (χ4n) is 1.45. The molecule has 1 N–H and O–H groups in total. The largest absolute Gasteiger partial charge is 0.462 e. The molecule has 1 saturated heterocycles. The monoisotopic (exact) mass is 201 g/mol. The van der Waals surface area contributed by atoms with Gasteiger partial charge in [-0.05, 0) is 12.3 Å². The van der Waals surface area contributed by atoms with Crippen molar-refractivity contribution in [2.75, 3.05) is 20.2 Å². The van der Waals surface area contributed by atoms with Gasteiger partial charge in [-0.25, -0.2) is 4.79 Å². The van der Waals surface area contributed by atoms with E-state index in [1.807, 2.05) is 6.92 Å². The number of piperidine rings is 1. The van der Waals surface area contributed by atoms with E-state index in [9.17, 15) is 14.7 Å². The van der Waals surface area contributed by atoms with Crippen LogP contribution >= 0.6 is 0 Å². The van der Waals surface area contributed by atoms with Gasteiger partial charge in [-0.3, -0.25) is 4.79 Å². The minimum absolute atomic E-state index is 0.177. The van der Waals surface area contributed by atoms with Crippen molar-refractivity contribution in [3.63, 3.8) is 0 Å². The number of hydrogen-bond donors (Lipinski definition) is 1. The number of carbonyl (C=O) groups excluding carboxylic acids is 2. The van der Waals surface area contributed by atoms with Crippen molar-refractivity contribution in [3.8, 4) is 0 Å². The maximum Gasteiger partial charge on any atom is 0.396 e. The van der Waals surface area contributed by atoms with Gasteiger partial charge in [0.1, 0.15) is 0 Å². The molecule has 0 aromatic heterocycles. The van der Waals surface area contributed by atoms with Crippen LogP contribution in [0.1, 0.15) is 13.3 Å². The number of rotatable bonds is 0. The van der Waals surface area contributed by atoms with Crippen LogP contribution in [-0.2, 0) is 14.3 Å². The Morgan fingerprint density at radius 1 is 1.50 bits per heavy atom. The number of methoxy groups -OCH3 is 1. The predicted molar refractivity (Wildman–Crippen MR) is 48.4 cm³/mol. The molecule has 0 aromatic rings. The number of aliphatic hydroxyl groups excluding tert-OH is 1. The Morgan fingerprint density at radius 2 is 2.14 bits per heavy atom. The molecule has 0 spiro atoms. The zero-order chi connectivity index (χ0) is 10.7. The first-order chi connectivity index (χ1) is 6.56. The Kier molecular flexibility index (Phi) is 3.46. The van der Waals surface area contributed by atoms with Gasteiger partial charge in [0.05, 0.1) is 13.2 Å². The van der Waals surface area contributed by atoms with Crippen LogP contribution < -0.4 is 0 Å². The van der Waals surface area contributed by atoms with E-state index in [0.29, 0.717) is 13.0 Å². The van der Waals surface area contributed by atoms with Crippen LogP contribution in [0.2, 0.25) is 0 Å². The van der Waals surface area contributed by atoms with E-state index < -0.39 is 18.0 Å². The molecule has 14 heavy (non-hydrogen) atoms. The van der Waals surface area contributed by atoms with Crippen LogP contribution in [0, 0.1) is 5.92 Å². The highest BCUT2D eigenvalue weighted by Crippen LogP contribution is 2.16. The first-order valence-electron chi connectivity index (χ1n) is 4.61. The molecule has 80 valence electrons. The fraction of sp³-hybridized carbons (Fsp3) is 0.778. The topological polar surface area (TPSA) is 66.8 Å². The Hall–Kier alpha value is -1.10. The molecule has 2 unspecified atom stereocenters. The summed E-state index contributed by atoms with van der Waals surface area (Å²) in [6.07, 6.45) is 0.168. The highest BCUT2D eigenvalue weighted by Gasteiger charge is 2.30. The lowest BCUT2D eigenvalue weighted by Crippen LogP contribution is -2.48. The lowest BCUT2D eigenvalue weighted by molar-refractivity contribution is -0.160. The summed E-state index contributed by atoms with van der Waals surface area (Å²) in [5.41, 5.74) is 0. The standard InChI is InChI=1S/C9H15NO4/c1-6-3-4-10(5-7(6)11)8(12)9(13)14-2/h6-7,11H,3-5H2,1-2H3. The van der Waals surface area contributed by atoms with Crippen molar-refractivity contribution in [2.24, 2.45) is 5.92 Å². The third-order valence-corrected chi connectivity index (χ3v) is 2.57. The average Bonchev–Trinajstić information content (AvgIpc) is 2.20. The fourth-order valence-corrected chi connectivity index (χ4v) is 1.45. The Bertz CT molecular complexity index is 241. The smallest absolute Gasteiger partial charge is 0.396 e. The number of carbonyl (C=O) groups is 2. The molecular weight excluding hydrogens is 186 g/mol. The minimum Gasteiger partial charge on any atom is -0.462 e. The number of esters is 1. The molecule has 0 aromatic carbocycles. The number of hydrogen-bond acceptors (Lipinski definition) is 4. The quantitative estimate of drug-likeness (QED) is 0.419. The second-order valence-electron chi connectivity index (χ2n) is 3.58. The van der Waals surface area contributed by atoms with Gasteiger partial charge in [0.25, 0.3) is 0 Å². The van der Waals surface area contributed by atoms with Gasteiger partial charge in [-0.2, -0.15) is 0 Å². The van der Waals surface area contributed by atoms with Gasteiger partial charge in [0, 0.05) is 13.1 Å². The van der Waals surface area contributed by atoms with E-state index in [-0.39, 0.29) is 12.5 Å². The summed E-state index contributed by atoms with van der Waals surface area (Å²) in [5, 5.41) is 9.51. The summed E-state index contributed by atoms with van der Waals surface area (Å²) in [6, 6.07) is 0. The van der Waals surface area contributed by atoms with Gasteiger partial charge in [-0.15, -0.1) is 0 Å². The summed E-state index contributed by atoms with van der Waals surface area (Å²) in [4.78, 5) is 23.6. The van der Waals surface area contributed by atoms with Crippen LogP contribution in [0.25, 0.3) is 0 Å². The number of likely N-dealkylation sites (tertiary alicyclic amines) is 1. The normalized spacial score (nSPS) is 27.2. The highest BCUT2D eigenvalue weighted by molar-refractivity contribution is 6.32.